The van der Waals surface area contributed by atoms with Crippen LogP contribution in [0.2, 0.25) is 0 Å². The molecule has 1 aliphatic rings. The van der Waals surface area contributed by atoms with E-state index in [2.05, 4.69) is 35.8 Å². The molecule has 0 saturated carbocycles. The Kier molecular flexibility index (Phi) is 5.42. The van der Waals surface area contributed by atoms with Crippen LogP contribution >= 0.6 is 0 Å². The number of nitrogens with one attached hydrogen (secondary N) is 2. The molecular weight excluding hydrogens is 378 g/mol. The fourth-order valence-electron chi connectivity index (χ4n) is 3.62. The summed E-state index contributed by atoms with van der Waals surface area (Å²) < 4.78 is 10.8. The van der Waals surface area contributed by atoms with Gasteiger partial charge in [0.15, 0.2) is 0 Å². The average Bonchev–Trinajstić information content (AvgIpc) is 2.77. The van der Waals surface area contributed by atoms with Crippen molar-refractivity contribution in [3.05, 3.63) is 71.4 Å². The SMILES string of the molecule is CNC(=O)OCc1cccc(Nc2c3c(nc4ccccc24)CC(C)(OC)C=C3)c1. The van der Waals surface area contributed by atoms with Crippen LogP contribution in [0.15, 0.2) is 54.6 Å². The van der Waals surface area contributed by atoms with Crippen molar-refractivity contribution in [2.75, 3.05) is 19.5 Å². The Morgan fingerprint density at radius 2 is 2.03 bits per heavy atom. The fourth-order valence-corrected chi connectivity index (χ4v) is 3.62. The highest BCUT2D eigenvalue weighted by atomic mass is 16.5. The molecule has 4 rings (SSSR count). The largest absolute Gasteiger partial charge is 0.445 e. The van der Waals surface area contributed by atoms with Crippen LogP contribution in [0.1, 0.15) is 23.7 Å². The number of methoxy groups -OCH3 is 1. The molecule has 6 nitrogen and oxygen atoms in total. The van der Waals surface area contributed by atoms with Crippen molar-refractivity contribution < 1.29 is 14.3 Å². The van der Waals surface area contributed by atoms with Crippen molar-refractivity contribution in [1.82, 2.24) is 10.3 Å². The van der Waals surface area contributed by atoms with E-state index in [1.807, 2.05) is 42.5 Å². The van der Waals surface area contributed by atoms with Crippen LogP contribution < -0.4 is 10.6 Å². The van der Waals surface area contributed by atoms with Crippen molar-refractivity contribution in [1.29, 1.82) is 0 Å². The molecule has 1 aliphatic carbocycles. The number of aromatic nitrogens is 1. The second-order valence-electron chi connectivity index (χ2n) is 7.54. The molecule has 0 spiro atoms. The smallest absolute Gasteiger partial charge is 0.407 e. The van der Waals surface area contributed by atoms with Gasteiger partial charge in [0, 0.05) is 37.2 Å². The Labute approximate surface area is 175 Å². The van der Waals surface area contributed by atoms with E-state index < -0.39 is 6.09 Å². The Bertz CT molecular complexity index is 1130. The number of hydrogen-bond acceptors (Lipinski definition) is 5. The van der Waals surface area contributed by atoms with Gasteiger partial charge in [0.25, 0.3) is 0 Å². The van der Waals surface area contributed by atoms with Gasteiger partial charge in [-0.25, -0.2) is 4.79 Å². The first-order valence-electron chi connectivity index (χ1n) is 9.88. The molecule has 0 radical (unpaired) electrons. The molecule has 2 N–H and O–H groups in total. The summed E-state index contributed by atoms with van der Waals surface area (Å²) in [5.74, 6) is 0. The molecule has 1 amide bonds. The van der Waals surface area contributed by atoms with Gasteiger partial charge in [0.1, 0.15) is 6.61 Å². The van der Waals surface area contributed by atoms with Crippen molar-refractivity contribution >= 4 is 34.4 Å². The molecule has 0 aliphatic heterocycles. The zero-order valence-corrected chi connectivity index (χ0v) is 17.4. The van der Waals surface area contributed by atoms with E-state index in [1.165, 1.54) is 0 Å². The number of amides is 1. The van der Waals surface area contributed by atoms with Gasteiger partial charge in [-0.3, -0.25) is 4.98 Å². The van der Waals surface area contributed by atoms with Crippen molar-refractivity contribution in [2.24, 2.45) is 0 Å². The summed E-state index contributed by atoms with van der Waals surface area (Å²) in [5.41, 5.74) is 5.47. The number of hydrogen-bond donors (Lipinski definition) is 2. The maximum atomic E-state index is 11.4. The Balaban J connectivity index is 1.72. The molecule has 2 aromatic carbocycles. The number of fused-ring (bicyclic) bond motifs is 2. The van der Waals surface area contributed by atoms with Gasteiger partial charge in [0.2, 0.25) is 0 Å². The van der Waals surface area contributed by atoms with Gasteiger partial charge in [0.05, 0.1) is 22.5 Å². The third kappa shape index (κ3) is 4.00. The van der Waals surface area contributed by atoms with Gasteiger partial charge >= 0.3 is 6.09 Å². The Morgan fingerprint density at radius 3 is 2.83 bits per heavy atom. The predicted molar refractivity (Wildman–Crippen MR) is 119 cm³/mol. The zero-order chi connectivity index (χ0) is 21.1. The molecule has 3 aromatic rings. The van der Waals surface area contributed by atoms with Crippen LogP contribution in [0, 0.1) is 0 Å². The minimum atomic E-state index is -0.450. The molecule has 1 aromatic heterocycles. The monoisotopic (exact) mass is 403 g/mol. The second-order valence-corrected chi connectivity index (χ2v) is 7.54. The first-order chi connectivity index (χ1) is 14.5. The number of carbonyl (C=O) groups is 1. The molecule has 30 heavy (non-hydrogen) atoms. The van der Waals surface area contributed by atoms with Crippen LogP contribution in [0.5, 0.6) is 0 Å². The molecule has 0 bridgehead atoms. The second kappa shape index (κ2) is 8.16. The highest BCUT2D eigenvalue weighted by Gasteiger charge is 2.28. The molecule has 1 unspecified atom stereocenters. The standard InChI is InChI=1S/C24H25N3O3/c1-24(29-3)12-11-19-21(14-24)27-20-10-5-4-9-18(20)22(19)26-17-8-6-7-16(13-17)15-30-23(28)25-2/h4-13H,14-15H2,1-3H3,(H,25,28)(H,26,27). The first kappa shape index (κ1) is 19.9. The van der Waals surface area contributed by atoms with Crippen LogP contribution in [-0.4, -0.2) is 30.8 Å². The number of nitrogens with zero attached hydrogens (tertiary/aromatic N) is 1. The quantitative estimate of drug-likeness (QED) is 0.640. The van der Waals surface area contributed by atoms with E-state index in [0.717, 1.165) is 39.1 Å². The summed E-state index contributed by atoms with van der Waals surface area (Å²) >= 11 is 0. The minimum absolute atomic E-state index is 0.205. The number of para-hydroxylation sites is 1. The lowest BCUT2D eigenvalue weighted by atomic mass is 9.88. The van der Waals surface area contributed by atoms with Crippen molar-refractivity contribution in [3.8, 4) is 0 Å². The number of rotatable bonds is 5. The third-order valence-electron chi connectivity index (χ3n) is 5.37. The van der Waals surface area contributed by atoms with Crippen LogP contribution in [-0.2, 0) is 22.5 Å². The van der Waals surface area contributed by atoms with Crippen LogP contribution in [0.4, 0.5) is 16.2 Å². The Morgan fingerprint density at radius 1 is 1.20 bits per heavy atom. The van der Waals surface area contributed by atoms with E-state index in [9.17, 15) is 4.79 Å². The van der Waals surface area contributed by atoms with E-state index in [-0.39, 0.29) is 12.2 Å². The molecule has 154 valence electrons. The van der Waals surface area contributed by atoms with Gasteiger partial charge in [-0.2, -0.15) is 0 Å². The van der Waals surface area contributed by atoms with Gasteiger partial charge in [-0.05, 0) is 30.7 Å². The molecular formula is C24H25N3O3. The van der Waals surface area contributed by atoms with E-state index in [1.54, 1.807) is 14.2 Å². The summed E-state index contributed by atoms with van der Waals surface area (Å²) in [4.78, 5) is 16.3. The number of pyridine rings is 1. The highest BCUT2D eigenvalue weighted by molar-refractivity contribution is 5.98. The third-order valence-corrected chi connectivity index (χ3v) is 5.37. The van der Waals surface area contributed by atoms with E-state index in [4.69, 9.17) is 14.5 Å². The summed E-state index contributed by atoms with van der Waals surface area (Å²) in [6.07, 6.45) is 4.43. The number of ether oxygens (including phenoxy) is 2. The zero-order valence-electron chi connectivity index (χ0n) is 17.4. The summed E-state index contributed by atoms with van der Waals surface area (Å²) in [6, 6.07) is 16.0. The van der Waals surface area contributed by atoms with Gasteiger partial charge < -0.3 is 20.1 Å². The molecule has 0 saturated heterocycles. The Hall–Kier alpha value is -3.38. The number of benzene rings is 2. The lowest BCUT2D eigenvalue weighted by Gasteiger charge is -2.29. The molecule has 1 heterocycles. The predicted octanol–water partition coefficient (Wildman–Crippen LogP) is 4.81. The highest BCUT2D eigenvalue weighted by Crippen LogP contribution is 2.37. The topological polar surface area (TPSA) is 72.5 Å². The maximum Gasteiger partial charge on any atom is 0.407 e. The van der Waals surface area contributed by atoms with Gasteiger partial charge in [-0.15, -0.1) is 0 Å². The molecule has 1 atom stereocenters. The van der Waals surface area contributed by atoms with E-state index >= 15 is 0 Å². The normalized spacial score (nSPS) is 17.4. The first-order valence-corrected chi connectivity index (χ1v) is 9.88. The average molecular weight is 403 g/mol. The summed E-state index contributed by atoms with van der Waals surface area (Å²) in [5, 5.41) is 7.08. The molecule has 6 heteroatoms. The summed E-state index contributed by atoms with van der Waals surface area (Å²) in [7, 11) is 3.27. The van der Waals surface area contributed by atoms with Crippen LogP contribution in [0.25, 0.3) is 17.0 Å². The van der Waals surface area contributed by atoms with Gasteiger partial charge in [-0.1, -0.05) is 42.5 Å². The lowest BCUT2D eigenvalue weighted by Crippen LogP contribution is -2.30. The lowest BCUT2D eigenvalue weighted by molar-refractivity contribution is 0.0480. The van der Waals surface area contributed by atoms with Crippen LogP contribution in [0.3, 0.4) is 0 Å². The number of alkyl carbamates (subject to hydrolysis) is 1. The van der Waals surface area contributed by atoms with Crippen molar-refractivity contribution in [2.45, 2.75) is 25.6 Å². The fraction of sp³-hybridized carbons (Fsp3) is 0.250. The van der Waals surface area contributed by atoms with E-state index in [0.29, 0.717) is 6.42 Å². The maximum absolute atomic E-state index is 11.4. The number of anilines is 2. The molecule has 0 fully saturated rings. The minimum Gasteiger partial charge on any atom is -0.445 e. The van der Waals surface area contributed by atoms with Crippen molar-refractivity contribution in [3.63, 3.8) is 0 Å². The summed E-state index contributed by atoms with van der Waals surface area (Å²) in [6.45, 7) is 2.27. The number of carbonyl (C=O) groups excluding carboxylic acids is 1.